The highest BCUT2D eigenvalue weighted by atomic mass is 16.7. The standard InChI is InChI=1S/C21H27NO2/c1-2-8-16(9-3-1)21-18(17-10-4-5-11-19(17)22-21)13-15-24-20-12-6-7-14-23-20/h4-5,8,10-11,20,22H,1-3,6-7,9,12-15H2. The van der Waals surface area contributed by atoms with E-state index in [9.17, 15) is 0 Å². The van der Waals surface area contributed by atoms with E-state index in [4.69, 9.17) is 9.47 Å². The molecular weight excluding hydrogens is 298 g/mol. The molecule has 2 heterocycles. The number of rotatable bonds is 5. The van der Waals surface area contributed by atoms with Crippen molar-refractivity contribution in [2.24, 2.45) is 0 Å². The number of benzene rings is 1. The highest BCUT2D eigenvalue weighted by molar-refractivity contribution is 5.89. The van der Waals surface area contributed by atoms with Crippen molar-refractivity contribution < 1.29 is 9.47 Å². The number of hydrogen-bond donors (Lipinski definition) is 1. The van der Waals surface area contributed by atoms with Crippen molar-refractivity contribution in [1.29, 1.82) is 0 Å². The van der Waals surface area contributed by atoms with Gasteiger partial charge in [-0.05, 0) is 68.6 Å². The first-order valence-corrected chi connectivity index (χ1v) is 9.44. The second-order valence-corrected chi connectivity index (χ2v) is 6.92. The molecule has 1 aliphatic heterocycles. The zero-order chi connectivity index (χ0) is 16.2. The maximum atomic E-state index is 5.99. The van der Waals surface area contributed by atoms with E-state index in [1.807, 2.05) is 0 Å². The minimum Gasteiger partial charge on any atom is -0.355 e. The highest BCUT2D eigenvalue weighted by Crippen LogP contribution is 2.33. The van der Waals surface area contributed by atoms with Crippen LogP contribution in [-0.2, 0) is 15.9 Å². The summed E-state index contributed by atoms with van der Waals surface area (Å²) in [6.45, 7) is 1.57. The van der Waals surface area contributed by atoms with Gasteiger partial charge in [0.05, 0.1) is 6.61 Å². The topological polar surface area (TPSA) is 34.2 Å². The van der Waals surface area contributed by atoms with Gasteiger partial charge in [-0.3, -0.25) is 0 Å². The van der Waals surface area contributed by atoms with Gasteiger partial charge in [0.2, 0.25) is 0 Å². The van der Waals surface area contributed by atoms with Gasteiger partial charge in [0, 0.05) is 23.2 Å². The predicted octanol–water partition coefficient (Wildman–Crippen LogP) is 5.21. The number of aromatic amines is 1. The van der Waals surface area contributed by atoms with E-state index in [-0.39, 0.29) is 6.29 Å². The molecule has 1 aromatic heterocycles. The van der Waals surface area contributed by atoms with Gasteiger partial charge in [-0.2, -0.15) is 0 Å². The molecule has 1 aromatic carbocycles. The van der Waals surface area contributed by atoms with Gasteiger partial charge < -0.3 is 14.5 Å². The third-order valence-corrected chi connectivity index (χ3v) is 5.22. The second kappa shape index (κ2) is 7.54. The van der Waals surface area contributed by atoms with Crippen molar-refractivity contribution in [3.05, 3.63) is 41.6 Å². The van der Waals surface area contributed by atoms with E-state index in [2.05, 4.69) is 35.3 Å². The van der Waals surface area contributed by atoms with Crippen LogP contribution < -0.4 is 0 Å². The fourth-order valence-corrected chi connectivity index (χ4v) is 3.93. The Morgan fingerprint density at radius 3 is 2.92 bits per heavy atom. The average molecular weight is 325 g/mol. The zero-order valence-electron chi connectivity index (χ0n) is 14.4. The number of H-pyrrole nitrogens is 1. The average Bonchev–Trinajstić information content (AvgIpc) is 3.02. The summed E-state index contributed by atoms with van der Waals surface area (Å²) in [5, 5.41) is 1.34. The monoisotopic (exact) mass is 325 g/mol. The molecule has 2 aliphatic rings. The predicted molar refractivity (Wildman–Crippen MR) is 98.0 cm³/mol. The second-order valence-electron chi connectivity index (χ2n) is 6.92. The molecule has 128 valence electrons. The lowest BCUT2D eigenvalue weighted by atomic mass is 9.94. The van der Waals surface area contributed by atoms with Crippen LogP contribution in [0.3, 0.4) is 0 Å². The summed E-state index contributed by atoms with van der Waals surface area (Å²) in [6.07, 6.45) is 11.8. The lowest BCUT2D eigenvalue weighted by Gasteiger charge is -2.22. The van der Waals surface area contributed by atoms with Gasteiger partial charge in [0.1, 0.15) is 0 Å². The minimum absolute atomic E-state index is 0.00121. The minimum atomic E-state index is 0.00121. The fourth-order valence-electron chi connectivity index (χ4n) is 3.93. The largest absolute Gasteiger partial charge is 0.355 e. The molecule has 2 aromatic rings. The van der Waals surface area contributed by atoms with Crippen LogP contribution in [0.5, 0.6) is 0 Å². The molecule has 1 N–H and O–H groups in total. The fraction of sp³-hybridized carbons (Fsp3) is 0.524. The van der Waals surface area contributed by atoms with Crippen LogP contribution >= 0.6 is 0 Å². The van der Waals surface area contributed by atoms with Crippen molar-refractivity contribution in [3.8, 4) is 0 Å². The molecule has 3 nitrogen and oxygen atoms in total. The number of fused-ring (bicyclic) bond motifs is 1. The Balaban J connectivity index is 1.54. The van der Waals surface area contributed by atoms with Crippen LogP contribution in [0.15, 0.2) is 30.3 Å². The number of nitrogens with one attached hydrogen (secondary N) is 1. The normalized spacial score (nSPS) is 21.8. The van der Waals surface area contributed by atoms with Crippen LogP contribution in [0, 0.1) is 0 Å². The lowest BCUT2D eigenvalue weighted by Crippen LogP contribution is -2.23. The van der Waals surface area contributed by atoms with Gasteiger partial charge in [-0.15, -0.1) is 0 Å². The van der Waals surface area contributed by atoms with Crippen LogP contribution in [0.1, 0.15) is 56.2 Å². The maximum absolute atomic E-state index is 5.99. The number of hydrogen-bond acceptors (Lipinski definition) is 2. The molecule has 4 rings (SSSR count). The van der Waals surface area contributed by atoms with E-state index in [1.165, 1.54) is 66.3 Å². The van der Waals surface area contributed by atoms with Crippen LogP contribution in [0.2, 0.25) is 0 Å². The third kappa shape index (κ3) is 3.42. The molecule has 0 radical (unpaired) electrons. The molecule has 1 fully saturated rings. The van der Waals surface area contributed by atoms with Gasteiger partial charge in [0.15, 0.2) is 6.29 Å². The van der Waals surface area contributed by atoms with Crippen molar-refractivity contribution >= 4 is 16.5 Å². The summed E-state index contributed by atoms with van der Waals surface area (Å²) in [6, 6.07) is 8.64. The summed E-state index contributed by atoms with van der Waals surface area (Å²) >= 11 is 0. The smallest absolute Gasteiger partial charge is 0.157 e. The Bertz CT molecular complexity index is 710. The molecule has 0 saturated carbocycles. The molecule has 1 unspecified atom stereocenters. The van der Waals surface area contributed by atoms with E-state index >= 15 is 0 Å². The molecular formula is C21H27NO2. The van der Waals surface area contributed by atoms with Gasteiger partial charge >= 0.3 is 0 Å². The summed E-state index contributed by atoms with van der Waals surface area (Å²) in [4.78, 5) is 3.67. The van der Waals surface area contributed by atoms with Gasteiger partial charge in [-0.1, -0.05) is 24.3 Å². The Morgan fingerprint density at radius 1 is 1.12 bits per heavy atom. The summed E-state index contributed by atoms with van der Waals surface area (Å²) in [5.41, 5.74) is 5.47. The third-order valence-electron chi connectivity index (χ3n) is 5.22. The maximum Gasteiger partial charge on any atom is 0.157 e. The highest BCUT2D eigenvalue weighted by Gasteiger charge is 2.18. The number of allylic oxidation sites excluding steroid dienone is 2. The first-order valence-electron chi connectivity index (χ1n) is 9.44. The molecule has 24 heavy (non-hydrogen) atoms. The molecule has 1 atom stereocenters. The van der Waals surface area contributed by atoms with Crippen molar-refractivity contribution in [1.82, 2.24) is 4.98 Å². The quantitative estimate of drug-likeness (QED) is 0.818. The summed E-state index contributed by atoms with van der Waals surface area (Å²) in [7, 11) is 0. The first kappa shape index (κ1) is 15.9. The molecule has 3 heteroatoms. The van der Waals surface area contributed by atoms with Crippen molar-refractivity contribution in [3.63, 3.8) is 0 Å². The Labute approximate surface area is 144 Å². The SMILES string of the molecule is C1=C(c2[nH]c3ccccc3c2CCOC2CCCCO2)CCCC1. The van der Waals surface area contributed by atoms with Crippen LogP contribution in [0.4, 0.5) is 0 Å². The summed E-state index contributed by atoms with van der Waals surface area (Å²) < 4.78 is 11.7. The van der Waals surface area contributed by atoms with Crippen molar-refractivity contribution in [2.45, 2.75) is 57.7 Å². The van der Waals surface area contributed by atoms with E-state index in [1.54, 1.807) is 0 Å². The number of ether oxygens (including phenoxy) is 2. The first-order chi connectivity index (χ1) is 11.9. The Hall–Kier alpha value is -1.58. The van der Waals surface area contributed by atoms with Gasteiger partial charge in [-0.25, -0.2) is 0 Å². The van der Waals surface area contributed by atoms with E-state index in [0.29, 0.717) is 0 Å². The van der Waals surface area contributed by atoms with E-state index in [0.717, 1.165) is 26.1 Å². The lowest BCUT2D eigenvalue weighted by molar-refractivity contribution is -0.161. The van der Waals surface area contributed by atoms with Crippen molar-refractivity contribution in [2.75, 3.05) is 13.2 Å². The number of para-hydroxylation sites is 1. The Morgan fingerprint density at radius 2 is 2.08 bits per heavy atom. The molecule has 1 aliphatic carbocycles. The van der Waals surface area contributed by atoms with Crippen LogP contribution in [-0.4, -0.2) is 24.5 Å². The number of aromatic nitrogens is 1. The molecule has 1 saturated heterocycles. The molecule has 0 spiro atoms. The zero-order valence-corrected chi connectivity index (χ0v) is 14.4. The Kier molecular flexibility index (Phi) is 5.00. The molecule has 0 amide bonds. The van der Waals surface area contributed by atoms with Gasteiger partial charge in [0.25, 0.3) is 0 Å². The van der Waals surface area contributed by atoms with Crippen LogP contribution in [0.25, 0.3) is 16.5 Å². The van der Waals surface area contributed by atoms with E-state index < -0.39 is 0 Å². The summed E-state index contributed by atoms with van der Waals surface area (Å²) in [5.74, 6) is 0. The molecule has 0 bridgehead atoms.